The third kappa shape index (κ3) is 7.98. The molecule has 0 radical (unpaired) electrons. The van der Waals surface area contributed by atoms with Crippen LogP contribution in [0.5, 0.6) is 5.75 Å². The first kappa shape index (κ1) is 37.0. The number of nitrogens with zero attached hydrogens (tertiary/aromatic N) is 7. The van der Waals surface area contributed by atoms with Gasteiger partial charge in [0, 0.05) is 74.6 Å². The molecule has 4 atom stereocenters. The van der Waals surface area contributed by atoms with Crippen molar-refractivity contribution in [1.82, 2.24) is 15.4 Å². The summed E-state index contributed by atoms with van der Waals surface area (Å²) in [7, 11) is 1.61. The van der Waals surface area contributed by atoms with E-state index in [9.17, 15) is 14.3 Å². The first-order valence-corrected chi connectivity index (χ1v) is 17.7. The average Bonchev–Trinajstić information content (AvgIpc) is 3.74. The topological polar surface area (TPSA) is 109 Å². The number of hydrogen-bond donors (Lipinski definition) is 2. The van der Waals surface area contributed by atoms with Crippen LogP contribution >= 0.6 is 0 Å². The predicted molar refractivity (Wildman–Crippen MR) is 199 cm³/mol. The average molecular weight is 719 g/mol. The van der Waals surface area contributed by atoms with Crippen molar-refractivity contribution < 1.29 is 28.2 Å². The van der Waals surface area contributed by atoms with Gasteiger partial charge in [-0.1, -0.05) is 13.0 Å². The van der Waals surface area contributed by atoms with E-state index in [-0.39, 0.29) is 30.1 Å². The Balaban J connectivity index is 1.00. The standard InChI is InChI=1S/C38H48F2N8O4/c1-5-36(27(2)49)48-37(50)47(26-43-48)32-9-7-30(8-10-32)44-16-18-45(19-17-44)31-11-13-33(14-12-31)51-22-28-21-38(52-23-28,24-46(42-4)25-41-3)34-15-6-29(39)20-35(34)40/h6-15,20,25,27-28,36,43,49H,4-5,16-19,21-24,26H2,1-3H3. The molecule has 52 heavy (non-hydrogen) atoms. The molecule has 3 saturated heterocycles. The summed E-state index contributed by atoms with van der Waals surface area (Å²) in [6.45, 7) is 11.9. The minimum absolute atomic E-state index is 0.0396. The summed E-state index contributed by atoms with van der Waals surface area (Å²) in [4.78, 5) is 23.4. The number of hydrazone groups is 1. The molecular weight excluding hydrogens is 670 g/mol. The van der Waals surface area contributed by atoms with E-state index in [1.165, 1.54) is 28.5 Å². The minimum atomic E-state index is -1.08. The van der Waals surface area contributed by atoms with E-state index in [0.717, 1.165) is 55.1 Å². The smallest absolute Gasteiger partial charge is 0.340 e. The number of halogens is 2. The summed E-state index contributed by atoms with van der Waals surface area (Å²) >= 11 is 0. The maximum atomic E-state index is 15.0. The normalized spacial score (nSPS) is 22.0. The number of carbonyl (C=O) groups is 1. The van der Waals surface area contributed by atoms with Gasteiger partial charge in [-0.3, -0.25) is 19.9 Å². The van der Waals surface area contributed by atoms with Crippen molar-refractivity contribution in [3.63, 3.8) is 0 Å². The summed E-state index contributed by atoms with van der Waals surface area (Å²) < 4.78 is 41.2. The Labute approximate surface area is 303 Å². The number of piperazine rings is 1. The highest BCUT2D eigenvalue weighted by atomic mass is 19.1. The molecule has 3 aliphatic heterocycles. The third-order valence-corrected chi connectivity index (χ3v) is 10.1. The number of hydrazine groups is 1. The number of aliphatic imine (C=N–C) groups is 1. The second-order valence-electron chi connectivity index (χ2n) is 13.5. The van der Waals surface area contributed by atoms with Gasteiger partial charge in [-0.15, -0.1) is 0 Å². The first-order chi connectivity index (χ1) is 25.1. The van der Waals surface area contributed by atoms with Gasteiger partial charge in [0.1, 0.15) is 29.3 Å². The van der Waals surface area contributed by atoms with Crippen LogP contribution in [-0.4, -0.2) is 106 Å². The van der Waals surface area contributed by atoms with Crippen LogP contribution in [0, 0.1) is 17.6 Å². The van der Waals surface area contributed by atoms with E-state index in [4.69, 9.17) is 9.47 Å². The summed E-state index contributed by atoms with van der Waals surface area (Å²) in [6.07, 6.45) is 1.97. The van der Waals surface area contributed by atoms with Crippen molar-refractivity contribution in [1.29, 1.82) is 0 Å². The minimum Gasteiger partial charge on any atom is -0.493 e. The fraction of sp³-hybridized carbons (Fsp3) is 0.447. The van der Waals surface area contributed by atoms with Gasteiger partial charge in [0.15, 0.2) is 0 Å². The second-order valence-corrected chi connectivity index (χ2v) is 13.5. The molecule has 4 unspecified atom stereocenters. The van der Waals surface area contributed by atoms with E-state index in [0.29, 0.717) is 32.7 Å². The largest absolute Gasteiger partial charge is 0.493 e. The molecule has 0 aromatic heterocycles. The molecule has 3 aliphatic rings. The van der Waals surface area contributed by atoms with E-state index in [1.54, 1.807) is 18.9 Å². The van der Waals surface area contributed by atoms with Gasteiger partial charge in [0.2, 0.25) is 0 Å². The second kappa shape index (κ2) is 16.3. The van der Waals surface area contributed by atoms with Gasteiger partial charge in [0.25, 0.3) is 0 Å². The highest BCUT2D eigenvalue weighted by Gasteiger charge is 2.45. The maximum absolute atomic E-state index is 15.0. The number of anilines is 3. The van der Waals surface area contributed by atoms with Gasteiger partial charge in [-0.05, 0) is 74.4 Å². The monoisotopic (exact) mass is 718 g/mol. The number of benzene rings is 3. The van der Waals surface area contributed by atoms with E-state index >= 15 is 4.39 Å². The lowest BCUT2D eigenvalue weighted by atomic mass is 9.86. The Morgan fingerprint density at radius 2 is 1.69 bits per heavy atom. The first-order valence-electron chi connectivity index (χ1n) is 17.7. The zero-order valence-electron chi connectivity index (χ0n) is 30.0. The van der Waals surface area contributed by atoms with Gasteiger partial charge >= 0.3 is 6.03 Å². The Hall–Kier alpha value is -4.79. The van der Waals surface area contributed by atoms with Crippen molar-refractivity contribution in [3.8, 4) is 5.75 Å². The van der Waals surface area contributed by atoms with Crippen LogP contribution in [-0.2, 0) is 10.3 Å². The van der Waals surface area contributed by atoms with Crippen LogP contribution in [0.2, 0.25) is 0 Å². The Morgan fingerprint density at radius 1 is 1.06 bits per heavy atom. The lowest BCUT2D eigenvalue weighted by molar-refractivity contribution is -0.0179. The molecule has 0 saturated carbocycles. The fourth-order valence-electron chi connectivity index (χ4n) is 7.38. The molecule has 3 heterocycles. The molecule has 2 amide bonds. The number of amides is 2. The number of ether oxygens (including phenoxy) is 2. The van der Waals surface area contributed by atoms with Crippen molar-refractivity contribution in [2.24, 2.45) is 16.0 Å². The summed E-state index contributed by atoms with van der Waals surface area (Å²) in [6, 6.07) is 19.2. The van der Waals surface area contributed by atoms with E-state index in [1.807, 2.05) is 31.2 Å². The Kier molecular flexibility index (Phi) is 11.6. The number of carbonyl (C=O) groups excluding carboxylic acids is 1. The molecule has 14 heteroatoms. The number of aliphatic hydroxyl groups is 1. The molecule has 0 aliphatic carbocycles. The van der Waals surface area contributed by atoms with E-state index < -0.39 is 23.3 Å². The van der Waals surface area contributed by atoms with Crippen LogP contribution in [0.25, 0.3) is 0 Å². The van der Waals surface area contributed by atoms with Gasteiger partial charge < -0.3 is 24.4 Å². The summed E-state index contributed by atoms with van der Waals surface area (Å²) in [5, 5.41) is 17.1. The van der Waals surface area contributed by atoms with Crippen LogP contribution < -0.4 is 24.9 Å². The molecule has 12 nitrogen and oxygen atoms in total. The maximum Gasteiger partial charge on any atom is 0.340 e. The Morgan fingerprint density at radius 3 is 2.27 bits per heavy atom. The van der Waals surface area contributed by atoms with Gasteiger partial charge in [-0.2, -0.15) is 5.10 Å². The molecule has 278 valence electrons. The molecule has 0 spiro atoms. The molecular formula is C38H48F2N8O4. The molecule has 3 fully saturated rings. The number of nitrogens with one attached hydrogen (secondary N) is 1. The molecule has 3 aromatic carbocycles. The van der Waals surface area contributed by atoms with Crippen LogP contribution in [0.4, 0.5) is 30.6 Å². The lowest BCUT2D eigenvalue weighted by Gasteiger charge is -2.37. The highest BCUT2D eigenvalue weighted by Crippen LogP contribution is 2.41. The highest BCUT2D eigenvalue weighted by molar-refractivity contribution is 5.93. The van der Waals surface area contributed by atoms with Crippen molar-refractivity contribution >= 4 is 36.1 Å². The molecule has 6 rings (SSSR count). The molecule has 3 aromatic rings. The summed E-state index contributed by atoms with van der Waals surface area (Å²) in [5.74, 6) is -0.636. The van der Waals surface area contributed by atoms with Crippen LogP contribution in [0.15, 0.2) is 76.8 Å². The number of urea groups is 1. The van der Waals surface area contributed by atoms with Crippen LogP contribution in [0.1, 0.15) is 32.3 Å². The number of aliphatic hydroxyl groups excluding tert-OH is 1. The zero-order chi connectivity index (χ0) is 36.8. The molecule has 0 bridgehead atoms. The SMILES string of the molecule is C=NN(C=NC)CC1(c2ccc(F)cc2F)CC(COc2ccc(N3CCN(c4ccc(N5CNN(C(CC)C(C)O)C5=O)cc4)CC3)cc2)CO1. The predicted octanol–water partition coefficient (Wildman–Crippen LogP) is 5.04. The summed E-state index contributed by atoms with van der Waals surface area (Å²) in [5.41, 5.74) is 5.33. The van der Waals surface area contributed by atoms with Gasteiger partial charge in [-0.25, -0.2) is 19.0 Å². The fourth-order valence-corrected chi connectivity index (χ4v) is 7.38. The molecule has 2 N–H and O–H groups in total. The van der Waals surface area contributed by atoms with Crippen molar-refractivity contribution in [2.45, 2.75) is 44.4 Å². The van der Waals surface area contributed by atoms with Crippen molar-refractivity contribution in [3.05, 3.63) is 83.9 Å². The quantitative estimate of drug-likeness (QED) is 0.136. The number of rotatable bonds is 14. The zero-order valence-corrected chi connectivity index (χ0v) is 30.0. The third-order valence-electron chi connectivity index (χ3n) is 10.1. The van der Waals surface area contributed by atoms with E-state index in [2.05, 4.69) is 56.3 Å². The lowest BCUT2D eigenvalue weighted by Crippen LogP contribution is -2.48. The van der Waals surface area contributed by atoms with Gasteiger partial charge in [0.05, 0.1) is 38.6 Å². The van der Waals surface area contributed by atoms with Crippen LogP contribution in [0.3, 0.4) is 0 Å². The Bertz CT molecular complexity index is 1700. The number of hydrogen-bond acceptors (Lipinski definition) is 9. The van der Waals surface area contributed by atoms with Crippen molar-refractivity contribution in [2.75, 3.05) is 74.4 Å².